The minimum atomic E-state index is -4.45. The summed E-state index contributed by atoms with van der Waals surface area (Å²) in [6.07, 6.45) is -4.45. The Morgan fingerprint density at radius 1 is 1.18 bits per heavy atom. The quantitative estimate of drug-likeness (QED) is 0.836. The number of urea groups is 1. The molecule has 0 aliphatic carbocycles. The molecule has 4 amide bonds. The van der Waals surface area contributed by atoms with E-state index in [0.717, 1.165) is 12.1 Å². The zero-order valence-electron chi connectivity index (χ0n) is 15.5. The Balaban J connectivity index is 1.88. The van der Waals surface area contributed by atoms with Crippen molar-refractivity contribution in [3.8, 4) is 0 Å². The van der Waals surface area contributed by atoms with Crippen LogP contribution in [0.15, 0.2) is 24.3 Å². The number of nitrogens with two attached hydrogens (primary N) is 1. The topological polar surface area (TPSA) is 86.9 Å². The normalized spacial score (nSPS) is 19.4. The predicted octanol–water partition coefficient (Wildman–Crippen LogP) is 1.42. The highest BCUT2D eigenvalue weighted by Gasteiger charge is 2.60. The number of halogens is 3. The monoisotopic (exact) mass is 398 g/mol. The van der Waals surface area contributed by atoms with Crippen LogP contribution < -0.4 is 5.73 Å². The molecule has 1 aromatic rings. The largest absolute Gasteiger partial charge is 0.416 e. The molecule has 1 aromatic carbocycles. The van der Waals surface area contributed by atoms with Crippen LogP contribution >= 0.6 is 0 Å². The maximum atomic E-state index is 13.1. The molecule has 0 bridgehead atoms. The van der Waals surface area contributed by atoms with Gasteiger partial charge in [0.2, 0.25) is 5.91 Å². The van der Waals surface area contributed by atoms with Crippen LogP contribution in [0.3, 0.4) is 0 Å². The molecule has 3 rings (SSSR count). The van der Waals surface area contributed by atoms with Crippen LogP contribution in [-0.4, -0.2) is 63.8 Å². The van der Waals surface area contributed by atoms with E-state index in [0.29, 0.717) is 5.56 Å². The van der Waals surface area contributed by atoms with Crippen molar-refractivity contribution in [2.24, 2.45) is 5.73 Å². The zero-order valence-corrected chi connectivity index (χ0v) is 15.5. The summed E-state index contributed by atoms with van der Waals surface area (Å²) in [5.41, 5.74) is 3.70. The first-order valence-corrected chi connectivity index (χ1v) is 8.78. The lowest BCUT2D eigenvalue weighted by molar-refractivity contribution is -0.178. The SMILES string of the molecule is CC(C)N1CC(=O)N(Cc2ccc(C(F)(F)F)cc2)C2(CN(C(N)=O)C2)C1=O. The van der Waals surface area contributed by atoms with Gasteiger partial charge in [0.1, 0.15) is 6.54 Å². The molecule has 10 heteroatoms. The average Bonchev–Trinajstić information content (AvgIpc) is 2.55. The minimum Gasteiger partial charge on any atom is -0.351 e. The van der Waals surface area contributed by atoms with Crippen molar-refractivity contribution in [2.75, 3.05) is 19.6 Å². The number of hydrogen-bond donors (Lipinski definition) is 1. The Hall–Kier alpha value is -2.78. The van der Waals surface area contributed by atoms with Gasteiger partial charge < -0.3 is 20.4 Å². The van der Waals surface area contributed by atoms with Gasteiger partial charge in [-0.05, 0) is 31.5 Å². The van der Waals surface area contributed by atoms with Gasteiger partial charge in [-0.15, -0.1) is 0 Å². The maximum Gasteiger partial charge on any atom is 0.416 e. The van der Waals surface area contributed by atoms with Crippen molar-refractivity contribution in [3.05, 3.63) is 35.4 Å². The third-order valence-electron chi connectivity index (χ3n) is 5.24. The molecule has 0 atom stereocenters. The fraction of sp³-hybridized carbons (Fsp3) is 0.500. The molecule has 0 radical (unpaired) electrons. The van der Waals surface area contributed by atoms with E-state index in [2.05, 4.69) is 0 Å². The van der Waals surface area contributed by atoms with Crippen LogP contribution in [0.5, 0.6) is 0 Å². The van der Waals surface area contributed by atoms with Gasteiger partial charge in [0.05, 0.1) is 18.7 Å². The second kappa shape index (κ2) is 6.68. The molecule has 2 heterocycles. The van der Waals surface area contributed by atoms with Crippen LogP contribution in [0.4, 0.5) is 18.0 Å². The van der Waals surface area contributed by atoms with Gasteiger partial charge in [0.25, 0.3) is 5.91 Å². The van der Waals surface area contributed by atoms with Gasteiger partial charge in [0.15, 0.2) is 5.54 Å². The lowest BCUT2D eigenvalue weighted by Gasteiger charge is -2.58. The Bertz CT molecular complexity index is 801. The van der Waals surface area contributed by atoms with E-state index in [1.165, 1.54) is 26.8 Å². The van der Waals surface area contributed by atoms with Crippen molar-refractivity contribution < 1.29 is 27.6 Å². The lowest BCUT2D eigenvalue weighted by Crippen LogP contribution is -2.81. The Morgan fingerprint density at radius 2 is 1.75 bits per heavy atom. The van der Waals surface area contributed by atoms with Gasteiger partial charge >= 0.3 is 12.2 Å². The van der Waals surface area contributed by atoms with Crippen LogP contribution in [0.2, 0.25) is 0 Å². The first-order chi connectivity index (χ1) is 13.0. The summed E-state index contributed by atoms with van der Waals surface area (Å²) in [7, 11) is 0. The Morgan fingerprint density at radius 3 is 2.21 bits per heavy atom. The van der Waals surface area contributed by atoms with Crippen LogP contribution in [0.1, 0.15) is 25.0 Å². The van der Waals surface area contributed by atoms with E-state index in [1.807, 2.05) is 0 Å². The van der Waals surface area contributed by atoms with E-state index < -0.39 is 23.3 Å². The van der Waals surface area contributed by atoms with E-state index in [9.17, 15) is 27.6 Å². The maximum absolute atomic E-state index is 13.1. The van der Waals surface area contributed by atoms with Gasteiger partial charge in [-0.2, -0.15) is 13.2 Å². The average molecular weight is 398 g/mol. The number of nitrogens with zero attached hydrogens (tertiary/aromatic N) is 3. The molecule has 28 heavy (non-hydrogen) atoms. The van der Waals surface area contributed by atoms with Gasteiger partial charge in [-0.25, -0.2) is 4.79 Å². The number of primary amides is 1. The number of rotatable bonds is 3. The van der Waals surface area contributed by atoms with Crippen LogP contribution in [-0.2, 0) is 22.3 Å². The van der Waals surface area contributed by atoms with Gasteiger partial charge in [-0.3, -0.25) is 9.59 Å². The number of alkyl halides is 3. The summed E-state index contributed by atoms with van der Waals surface area (Å²) in [5, 5.41) is 0. The predicted molar refractivity (Wildman–Crippen MR) is 92.7 cm³/mol. The van der Waals surface area contributed by atoms with E-state index in [-0.39, 0.29) is 44.0 Å². The Labute approximate surface area is 159 Å². The van der Waals surface area contributed by atoms with Crippen LogP contribution in [0.25, 0.3) is 0 Å². The lowest BCUT2D eigenvalue weighted by atomic mass is 9.83. The highest BCUT2D eigenvalue weighted by molar-refractivity contribution is 6.00. The van der Waals surface area contributed by atoms with Crippen LogP contribution in [0, 0.1) is 0 Å². The molecule has 1 spiro atoms. The zero-order chi connectivity index (χ0) is 20.9. The van der Waals surface area contributed by atoms with E-state index in [1.54, 1.807) is 13.8 Å². The van der Waals surface area contributed by atoms with Crippen molar-refractivity contribution in [1.29, 1.82) is 0 Å². The molecular formula is C18H21F3N4O3. The first-order valence-electron chi connectivity index (χ1n) is 8.78. The third-order valence-corrected chi connectivity index (χ3v) is 5.24. The summed E-state index contributed by atoms with van der Waals surface area (Å²) in [4.78, 5) is 41.3. The molecule has 2 N–H and O–H groups in total. The number of piperazine rings is 1. The fourth-order valence-electron chi connectivity index (χ4n) is 3.61. The molecule has 2 fully saturated rings. The standard InChI is InChI=1S/C18H21F3N4O3/c1-11(2)24-8-14(26)25(17(15(24)27)9-23(10-17)16(22)28)7-12-3-5-13(6-4-12)18(19,20)21/h3-6,11H,7-10H2,1-2H3,(H2,22,28). The van der Waals surface area contributed by atoms with Gasteiger partial charge in [0, 0.05) is 12.6 Å². The van der Waals surface area contributed by atoms with Crippen molar-refractivity contribution in [2.45, 2.75) is 38.1 Å². The molecule has 7 nitrogen and oxygen atoms in total. The van der Waals surface area contributed by atoms with E-state index >= 15 is 0 Å². The summed E-state index contributed by atoms with van der Waals surface area (Å²) >= 11 is 0. The second-order valence-electron chi connectivity index (χ2n) is 7.43. The molecule has 152 valence electrons. The molecular weight excluding hydrogens is 377 g/mol. The molecule has 2 aliphatic rings. The number of carbonyl (C=O) groups is 3. The summed E-state index contributed by atoms with van der Waals surface area (Å²) in [6.45, 7) is 3.37. The van der Waals surface area contributed by atoms with Crippen molar-refractivity contribution in [3.63, 3.8) is 0 Å². The van der Waals surface area contributed by atoms with Gasteiger partial charge in [-0.1, -0.05) is 12.1 Å². The highest BCUT2D eigenvalue weighted by Crippen LogP contribution is 2.36. The minimum absolute atomic E-state index is 0.0265. The molecule has 2 saturated heterocycles. The summed E-state index contributed by atoms with van der Waals surface area (Å²) in [5.74, 6) is -0.608. The summed E-state index contributed by atoms with van der Waals surface area (Å²) in [6, 6.07) is 3.55. The van der Waals surface area contributed by atoms with Crippen molar-refractivity contribution in [1.82, 2.24) is 14.7 Å². The highest BCUT2D eigenvalue weighted by atomic mass is 19.4. The van der Waals surface area contributed by atoms with E-state index in [4.69, 9.17) is 5.73 Å². The number of amides is 4. The number of benzene rings is 1. The number of carbonyl (C=O) groups excluding carboxylic acids is 3. The molecule has 0 aromatic heterocycles. The number of likely N-dealkylation sites (tertiary alicyclic amines) is 1. The summed E-state index contributed by atoms with van der Waals surface area (Å²) < 4.78 is 38.3. The molecule has 0 saturated carbocycles. The fourth-order valence-corrected chi connectivity index (χ4v) is 3.61. The third kappa shape index (κ3) is 3.27. The van der Waals surface area contributed by atoms with Crippen molar-refractivity contribution >= 4 is 17.8 Å². The first kappa shape index (κ1) is 20.0. The molecule has 2 aliphatic heterocycles. The number of hydrogen-bond acceptors (Lipinski definition) is 3. The molecule has 0 unspecified atom stereocenters. The Kier molecular flexibility index (Phi) is 4.76. The second-order valence-corrected chi connectivity index (χ2v) is 7.43. The smallest absolute Gasteiger partial charge is 0.351 e.